The highest BCUT2D eigenvalue weighted by molar-refractivity contribution is 14.1. The first-order valence-corrected chi connectivity index (χ1v) is 6.49. The highest BCUT2D eigenvalue weighted by Crippen LogP contribution is 2.19. The Labute approximate surface area is 107 Å². The van der Waals surface area contributed by atoms with Crippen LogP contribution in [0.2, 0.25) is 0 Å². The lowest BCUT2D eigenvalue weighted by Crippen LogP contribution is -2.39. The van der Waals surface area contributed by atoms with Crippen LogP contribution in [-0.2, 0) is 6.54 Å². The van der Waals surface area contributed by atoms with Gasteiger partial charge in [0.15, 0.2) is 0 Å². The van der Waals surface area contributed by atoms with Gasteiger partial charge in [-0.3, -0.25) is 4.90 Å². The maximum atomic E-state index is 2.41. The van der Waals surface area contributed by atoms with E-state index in [9.17, 15) is 0 Å². The summed E-state index contributed by atoms with van der Waals surface area (Å²) in [5, 5.41) is 0. The quantitative estimate of drug-likeness (QED) is 0.761. The Bertz CT molecular complexity index is 303. The van der Waals surface area contributed by atoms with E-state index in [-0.39, 0.29) is 5.54 Å². The van der Waals surface area contributed by atoms with Crippen LogP contribution in [0.5, 0.6) is 0 Å². The fourth-order valence-corrected chi connectivity index (χ4v) is 1.71. The van der Waals surface area contributed by atoms with E-state index >= 15 is 0 Å². The molecule has 0 aliphatic rings. The van der Waals surface area contributed by atoms with Crippen LogP contribution in [0.3, 0.4) is 0 Å². The van der Waals surface area contributed by atoms with Crippen molar-refractivity contribution < 1.29 is 0 Å². The van der Waals surface area contributed by atoms with Gasteiger partial charge in [-0.1, -0.05) is 19.1 Å². The molecule has 15 heavy (non-hydrogen) atoms. The van der Waals surface area contributed by atoms with E-state index in [0.717, 1.165) is 6.54 Å². The first-order valence-electron chi connectivity index (χ1n) is 5.41. The lowest BCUT2D eigenvalue weighted by Gasteiger charge is -2.34. The topological polar surface area (TPSA) is 3.24 Å². The van der Waals surface area contributed by atoms with Crippen molar-refractivity contribution in [3.05, 3.63) is 33.4 Å². The second-order valence-electron chi connectivity index (χ2n) is 4.65. The van der Waals surface area contributed by atoms with Crippen LogP contribution >= 0.6 is 22.6 Å². The summed E-state index contributed by atoms with van der Waals surface area (Å²) in [5.74, 6) is 0. The average molecular weight is 317 g/mol. The van der Waals surface area contributed by atoms with Crippen molar-refractivity contribution in [3.8, 4) is 0 Å². The highest BCUT2D eigenvalue weighted by atomic mass is 127. The molecule has 2 heteroatoms. The Balaban J connectivity index is 2.66. The van der Waals surface area contributed by atoms with Crippen LogP contribution in [0.15, 0.2) is 24.3 Å². The van der Waals surface area contributed by atoms with E-state index in [4.69, 9.17) is 0 Å². The molecule has 0 saturated heterocycles. The molecule has 0 aromatic heterocycles. The van der Waals surface area contributed by atoms with Crippen molar-refractivity contribution >= 4 is 22.6 Å². The molecule has 1 nitrogen and oxygen atoms in total. The van der Waals surface area contributed by atoms with Gasteiger partial charge in [0.1, 0.15) is 0 Å². The molecule has 0 saturated carbocycles. The molecule has 1 aromatic carbocycles. The molecule has 0 amide bonds. The lowest BCUT2D eigenvalue weighted by atomic mass is 9.99. The number of benzene rings is 1. The summed E-state index contributed by atoms with van der Waals surface area (Å²) in [6, 6.07) is 8.76. The van der Waals surface area contributed by atoms with Gasteiger partial charge in [-0.05, 0) is 67.6 Å². The fraction of sp³-hybridized carbons (Fsp3) is 0.538. The van der Waals surface area contributed by atoms with Crippen LogP contribution in [0.4, 0.5) is 0 Å². The molecule has 0 fully saturated rings. The zero-order chi connectivity index (χ0) is 11.5. The maximum Gasteiger partial charge on any atom is 0.0236 e. The van der Waals surface area contributed by atoms with Gasteiger partial charge in [0.2, 0.25) is 0 Å². The molecule has 0 radical (unpaired) electrons. The zero-order valence-corrected chi connectivity index (χ0v) is 12.2. The van der Waals surface area contributed by atoms with Crippen LogP contribution < -0.4 is 0 Å². The van der Waals surface area contributed by atoms with E-state index in [1.54, 1.807) is 0 Å². The van der Waals surface area contributed by atoms with Crippen molar-refractivity contribution in [1.29, 1.82) is 0 Å². The Kier molecular flexibility index (Phi) is 4.59. The highest BCUT2D eigenvalue weighted by Gasteiger charge is 2.20. The van der Waals surface area contributed by atoms with E-state index in [0.29, 0.717) is 0 Å². The Morgan fingerprint density at radius 2 is 1.73 bits per heavy atom. The third kappa shape index (κ3) is 3.76. The summed E-state index contributed by atoms with van der Waals surface area (Å²) >= 11 is 2.34. The molecule has 1 rings (SSSR count). The normalized spacial score (nSPS) is 12.1. The minimum Gasteiger partial charge on any atom is -0.297 e. The van der Waals surface area contributed by atoms with Gasteiger partial charge in [-0.15, -0.1) is 0 Å². The Morgan fingerprint density at radius 3 is 2.20 bits per heavy atom. The predicted molar refractivity (Wildman–Crippen MR) is 75.0 cm³/mol. The summed E-state index contributed by atoms with van der Waals surface area (Å²) in [5.41, 5.74) is 1.67. The SMILES string of the molecule is CCC(C)(C)N(C)Cc1ccc(I)cc1. The van der Waals surface area contributed by atoms with Gasteiger partial charge >= 0.3 is 0 Å². The largest absolute Gasteiger partial charge is 0.297 e. The molecule has 0 aliphatic carbocycles. The number of hydrogen-bond donors (Lipinski definition) is 0. The molecular formula is C13H20IN. The zero-order valence-electron chi connectivity index (χ0n) is 10.0. The van der Waals surface area contributed by atoms with Crippen molar-refractivity contribution in [3.63, 3.8) is 0 Å². The van der Waals surface area contributed by atoms with E-state index in [1.165, 1.54) is 15.6 Å². The van der Waals surface area contributed by atoms with Crippen molar-refractivity contribution in [1.82, 2.24) is 4.90 Å². The van der Waals surface area contributed by atoms with Gasteiger partial charge in [-0.25, -0.2) is 0 Å². The number of rotatable bonds is 4. The third-order valence-corrected chi connectivity index (χ3v) is 3.95. The van der Waals surface area contributed by atoms with Crippen molar-refractivity contribution in [2.75, 3.05) is 7.05 Å². The Morgan fingerprint density at radius 1 is 1.20 bits per heavy atom. The minimum atomic E-state index is 0.281. The molecule has 1 aromatic rings. The first kappa shape index (κ1) is 13.0. The minimum absolute atomic E-state index is 0.281. The lowest BCUT2D eigenvalue weighted by molar-refractivity contribution is 0.143. The van der Waals surface area contributed by atoms with Gasteiger partial charge in [0.05, 0.1) is 0 Å². The van der Waals surface area contributed by atoms with Gasteiger partial charge in [0, 0.05) is 15.7 Å². The predicted octanol–water partition coefficient (Wildman–Crippen LogP) is 3.91. The molecule has 0 aliphatic heterocycles. The summed E-state index contributed by atoms with van der Waals surface area (Å²) < 4.78 is 1.30. The van der Waals surface area contributed by atoms with Gasteiger partial charge < -0.3 is 0 Å². The van der Waals surface area contributed by atoms with Crippen LogP contribution in [0.1, 0.15) is 32.8 Å². The first-order chi connectivity index (χ1) is 6.95. The van der Waals surface area contributed by atoms with Gasteiger partial charge in [-0.2, -0.15) is 0 Å². The number of halogens is 1. The van der Waals surface area contributed by atoms with Gasteiger partial charge in [0.25, 0.3) is 0 Å². The number of nitrogens with zero attached hydrogens (tertiary/aromatic N) is 1. The standard InChI is InChI=1S/C13H20IN/c1-5-13(2,3)15(4)10-11-6-8-12(14)9-7-11/h6-9H,5,10H2,1-4H3. The van der Waals surface area contributed by atoms with E-state index in [1.807, 2.05) is 0 Å². The van der Waals surface area contributed by atoms with Crippen LogP contribution in [0.25, 0.3) is 0 Å². The molecule has 0 heterocycles. The van der Waals surface area contributed by atoms with Crippen molar-refractivity contribution in [2.45, 2.75) is 39.3 Å². The number of hydrogen-bond acceptors (Lipinski definition) is 1. The Hall–Kier alpha value is -0.0900. The van der Waals surface area contributed by atoms with Crippen molar-refractivity contribution in [2.24, 2.45) is 0 Å². The maximum absolute atomic E-state index is 2.41. The second-order valence-corrected chi connectivity index (χ2v) is 5.89. The van der Waals surface area contributed by atoms with Crippen LogP contribution in [-0.4, -0.2) is 17.5 Å². The molecule has 0 bridgehead atoms. The molecule has 0 unspecified atom stereocenters. The molecule has 0 N–H and O–H groups in total. The molecular weight excluding hydrogens is 297 g/mol. The average Bonchev–Trinajstić information content (AvgIpc) is 2.21. The summed E-state index contributed by atoms with van der Waals surface area (Å²) in [6.07, 6.45) is 1.17. The molecule has 0 atom stereocenters. The van der Waals surface area contributed by atoms with E-state index < -0.39 is 0 Å². The summed E-state index contributed by atoms with van der Waals surface area (Å²) in [7, 11) is 2.20. The summed E-state index contributed by atoms with van der Waals surface area (Å²) in [6.45, 7) is 7.85. The summed E-state index contributed by atoms with van der Waals surface area (Å²) in [4.78, 5) is 2.41. The molecule has 84 valence electrons. The smallest absolute Gasteiger partial charge is 0.0236 e. The fourth-order valence-electron chi connectivity index (χ4n) is 1.35. The monoisotopic (exact) mass is 317 g/mol. The molecule has 0 spiro atoms. The van der Waals surface area contributed by atoms with Crippen LogP contribution in [0, 0.1) is 3.57 Å². The second kappa shape index (κ2) is 5.30. The van der Waals surface area contributed by atoms with E-state index in [2.05, 4.69) is 79.6 Å². The third-order valence-electron chi connectivity index (χ3n) is 3.23.